The number of nitrogens with one attached hydrogen (secondary N) is 1. The molecule has 4 rings (SSSR count). The zero-order valence-corrected chi connectivity index (χ0v) is 14.5. The summed E-state index contributed by atoms with van der Waals surface area (Å²) in [6.07, 6.45) is 0.767. The molecule has 1 aromatic heterocycles. The van der Waals surface area contributed by atoms with Crippen molar-refractivity contribution in [1.29, 1.82) is 0 Å². The van der Waals surface area contributed by atoms with Crippen molar-refractivity contribution < 1.29 is 0 Å². The lowest BCUT2D eigenvalue weighted by molar-refractivity contribution is 0.242. The molecule has 0 saturated heterocycles. The molecule has 0 aliphatic carbocycles. The Morgan fingerprint density at radius 2 is 1.84 bits per heavy atom. The van der Waals surface area contributed by atoms with Gasteiger partial charge in [0.05, 0.1) is 11.3 Å². The molecule has 1 N–H and O–H groups in total. The fourth-order valence-electron chi connectivity index (χ4n) is 3.22. The average Bonchev–Trinajstić information content (AvgIpc) is 2.65. The number of fused-ring (bicyclic) bond motifs is 1. The van der Waals surface area contributed by atoms with Crippen LogP contribution in [-0.2, 0) is 19.5 Å². The summed E-state index contributed by atoms with van der Waals surface area (Å²) in [5.74, 6) is 0.643. The van der Waals surface area contributed by atoms with Crippen molar-refractivity contribution in [2.24, 2.45) is 0 Å². The molecule has 3 aromatic rings. The van der Waals surface area contributed by atoms with E-state index in [1.807, 2.05) is 54.6 Å². The first-order valence-electron chi connectivity index (χ1n) is 8.34. The van der Waals surface area contributed by atoms with Gasteiger partial charge in [-0.1, -0.05) is 60.1 Å². The Hall–Kier alpha value is -2.43. The first-order valence-corrected chi connectivity index (χ1v) is 8.72. The van der Waals surface area contributed by atoms with Crippen molar-refractivity contribution in [3.63, 3.8) is 0 Å². The molecule has 0 fully saturated rings. The van der Waals surface area contributed by atoms with Gasteiger partial charge < -0.3 is 4.98 Å². The normalized spacial score (nSPS) is 14.3. The van der Waals surface area contributed by atoms with Gasteiger partial charge in [0, 0.05) is 36.6 Å². The van der Waals surface area contributed by atoms with Crippen molar-refractivity contribution in [1.82, 2.24) is 14.9 Å². The van der Waals surface area contributed by atoms with E-state index in [0.717, 1.165) is 46.9 Å². The summed E-state index contributed by atoms with van der Waals surface area (Å²) < 4.78 is 0. The zero-order valence-electron chi connectivity index (χ0n) is 13.7. The van der Waals surface area contributed by atoms with Crippen LogP contribution >= 0.6 is 11.6 Å². The van der Waals surface area contributed by atoms with E-state index >= 15 is 0 Å². The van der Waals surface area contributed by atoms with Gasteiger partial charge in [-0.25, -0.2) is 4.98 Å². The fraction of sp³-hybridized carbons (Fsp3) is 0.200. The van der Waals surface area contributed by atoms with Crippen LogP contribution in [0.15, 0.2) is 59.4 Å². The Morgan fingerprint density at radius 1 is 1.08 bits per heavy atom. The lowest BCUT2D eigenvalue weighted by Crippen LogP contribution is -2.35. The van der Waals surface area contributed by atoms with Crippen LogP contribution in [0.4, 0.5) is 0 Å². The van der Waals surface area contributed by atoms with Gasteiger partial charge >= 0.3 is 0 Å². The molecule has 126 valence electrons. The van der Waals surface area contributed by atoms with Crippen molar-refractivity contribution in [3.05, 3.63) is 86.8 Å². The number of nitrogens with zero attached hydrogens (tertiary/aromatic N) is 2. The Labute approximate surface area is 151 Å². The molecule has 25 heavy (non-hydrogen) atoms. The molecular weight excluding hydrogens is 334 g/mol. The van der Waals surface area contributed by atoms with Gasteiger partial charge in [-0.15, -0.1) is 0 Å². The number of H-pyrrole nitrogens is 1. The third-order valence-electron chi connectivity index (χ3n) is 4.55. The quantitative estimate of drug-likeness (QED) is 0.783. The number of aromatic amines is 1. The molecule has 1 aliphatic heterocycles. The highest BCUT2D eigenvalue weighted by atomic mass is 35.5. The van der Waals surface area contributed by atoms with Gasteiger partial charge in [0.2, 0.25) is 0 Å². The van der Waals surface area contributed by atoms with Gasteiger partial charge in [-0.05, 0) is 11.6 Å². The first-order chi connectivity index (χ1) is 12.2. The Bertz CT molecular complexity index is 953. The van der Waals surface area contributed by atoms with Gasteiger partial charge in [-0.3, -0.25) is 9.69 Å². The maximum Gasteiger partial charge on any atom is 0.255 e. The van der Waals surface area contributed by atoms with Gasteiger partial charge in [-0.2, -0.15) is 0 Å². The third-order valence-corrected chi connectivity index (χ3v) is 4.92. The van der Waals surface area contributed by atoms with E-state index in [9.17, 15) is 4.79 Å². The smallest absolute Gasteiger partial charge is 0.255 e. The molecule has 0 spiro atoms. The summed E-state index contributed by atoms with van der Waals surface area (Å²) in [6, 6.07) is 17.6. The van der Waals surface area contributed by atoms with Crippen LogP contribution in [0.3, 0.4) is 0 Å². The minimum atomic E-state index is -0.0484. The van der Waals surface area contributed by atoms with E-state index in [2.05, 4.69) is 9.88 Å². The lowest BCUT2D eigenvalue weighted by Gasteiger charge is -2.28. The van der Waals surface area contributed by atoms with Crippen molar-refractivity contribution >= 4 is 11.6 Å². The first kappa shape index (κ1) is 16.1. The predicted molar refractivity (Wildman–Crippen MR) is 99.6 cm³/mol. The van der Waals surface area contributed by atoms with Crippen LogP contribution in [0, 0.1) is 0 Å². The predicted octanol–water partition coefficient (Wildman–Crippen LogP) is 3.65. The van der Waals surface area contributed by atoms with E-state index in [4.69, 9.17) is 16.6 Å². The van der Waals surface area contributed by atoms with Crippen LogP contribution in [0.25, 0.3) is 11.4 Å². The second kappa shape index (κ2) is 6.82. The zero-order chi connectivity index (χ0) is 17.2. The highest BCUT2D eigenvalue weighted by Gasteiger charge is 2.22. The molecule has 4 nitrogen and oxygen atoms in total. The Balaban J connectivity index is 1.60. The lowest BCUT2D eigenvalue weighted by atomic mass is 10.1. The maximum atomic E-state index is 12.6. The largest absolute Gasteiger partial charge is 0.306 e. The molecule has 0 radical (unpaired) electrons. The molecule has 5 heteroatoms. The Kier molecular flexibility index (Phi) is 4.38. The minimum Gasteiger partial charge on any atom is -0.306 e. The van der Waals surface area contributed by atoms with Crippen LogP contribution in [0.2, 0.25) is 5.02 Å². The molecule has 0 atom stereocenters. The second-order valence-electron chi connectivity index (χ2n) is 6.26. The molecule has 0 amide bonds. The van der Waals surface area contributed by atoms with E-state index in [0.29, 0.717) is 12.4 Å². The van der Waals surface area contributed by atoms with E-state index in [1.165, 1.54) is 0 Å². The Morgan fingerprint density at radius 3 is 2.64 bits per heavy atom. The summed E-state index contributed by atoms with van der Waals surface area (Å²) in [6.45, 7) is 2.19. The molecule has 0 saturated carbocycles. The molecule has 0 bridgehead atoms. The summed E-state index contributed by atoms with van der Waals surface area (Å²) in [5, 5.41) is 0.764. The van der Waals surface area contributed by atoms with E-state index in [-0.39, 0.29) is 5.56 Å². The molecular formula is C20H18ClN3O. The van der Waals surface area contributed by atoms with Gasteiger partial charge in [0.15, 0.2) is 0 Å². The molecule has 1 aliphatic rings. The number of halogens is 1. The number of benzene rings is 2. The second-order valence-corrected chi connectivity index (χ2v) is 6.67. The summed E-state index contributed by atoms with van der Waals surface area (Å²) in [4.78, 5) is 22.4. The van der Waals surface area contributed by atoms with Crippen LogP contribution in [-0.4, -0.2) is 21.4 Å². The molecule has 2 aromatic carbocycles. The van der Waals surface area contributed by atoms with Crippen LogP contribution < -0.4 is 5.56 Å². The SMILES string of the molecule is O=c1[nH]c(-c2ccccc2)nc2c1CN(Cc1ccccc1Cl)CC2. The van der Waals surface area contributed by atoms with E-state index in [1.54, 1.807) is 0 Å². The number of hydrogen-bond donors (Lipinski definition) is 1. The standard InChI is InChI=1S/C20H18ClN3O/c21-17-9-5-4-8-15(17)12-24-11-10-18-16(13-24)20(25)23-19(22-18)14-6-2-1-3-7-14/h1-9H,10-13H2,(H,22,23,25). The molecule has 0 unspecified atom stereocenters. The van der Waals surface area contributed by atoms with Gasteiger partial charge in [0.1, 0.15) is 5.82 Å². The fourth-order valence-corrected chi connectivity index (χ4v) is 3.41. The number of rotatable bonds is 3. The van der Waals surface area contributed by atoms with Crippen LogP contribution in [0.5, 0.6) is 0 Å². The number of aromatic nitrogens is 2. The van der Waals surface area contributed by atoms with Crippen molar-refractivity contribution in [2.75, 3.05) is 6.54 Å². The van der Waals surface area contributed by atoms with E-state index < -0.39 is 0 Å². The highest BCUT2D eigenvalue weighted by molar-refractivity contribution is 6.31. The van der Waals surface area contributed by atoms with Crippen LogP contribution in [0.1, 0.15) is 16.8 Å². The van der Waals surface area contributed by atoms with Gasteiger partial charge in [0.25, 0.3) is 5.56 Å². The number of hydrogen-bond acceptors (Lipinski definition) is 3. The highest BCUT2D eigenvalue weighted by Crippen LogP contribution is 2.22. The summed E-state index contributed by atoms with van der Waals surface area (Å²) in [7, 11) is 0. The van der Waals surface area contributed by atoms with Crippen molar-refractivity contribution in [3.8, 4) is 11.4 Å². The molecule has 2 heterocycles. The topological polar surface area (TPSA) is 49.0 Å². The average molecular weight is 352 g/mol. The maximum absolute atomic E-state index is 12.6. The summed E-state index contributed by atoms with van der Waals surface area (Å²) >= 11 is 6.26. The minimum absolute atomic E-state index is 0.0484. The third kappa shape index (κ3) is 3.36. The monoisotopic (exact) mass is 351 g/mol. The summed E-state index contributed by atoms with van der Waals surface area (Å²) in [5.41, 5.74) is 3.63. The van der Waals surface area contributed by atoms with Crippen molar-refractivity contribution in [2.45, 2.75) is 19.5 Å².